The lowest BCUT2D eigenvalue weighted by Gasteiger charge is -2.12. The van der Waals surface area contributed by atoms with Crippen LogP contribution in [0.2, 0.25) is 0 Å². The molecule has 0 bridgehead atoms. The highest BCUT2D eigenvalue weighted by molar-refractivity contribution is 5.77. The van der Waals surface area contributed by atoms with Crippen LogP contribution in [-0.4, -0.2) is 24.3 Å². The first-order valence-electron chi connectivity index (χ1n) is 6.82. The van der Waals surface area contributed by atoms with Gasteiger partial charge in [-0.25, -0.2) is 0 Å². The second-order valence-corrected chi connectivity index (χ2v) is 5.42. The third kappa shape index (κ3) is 2.53. The minimum absolute atomic E-state index is 0.454. The molecule has 0 saturated heterocycles. The van der Waals surface area contributed by atoms with Gasteiger partial charge in [0, 0.05) is 6.42 Å². The normalized spacial score (nSPS) is 19.6. The summed E-state index contributed by atoms with van der Waals surface area (Å²) >= 11 is 0. The van der Waals surface area contributed by atoms with Crippen LogP contribution in [0.25, 0.3) is 0 Å². The van der Waals surface area contributed by atoms with Crippen LogP contribution in [-0.2, 0) is 11.2 Å². The Morgan fingerprint density at radius 1 is 1.21 bits per heavy atom. The van der Waals surface area contributed by atoms with Crippen molar-refractivity contribution in [2.75, 3.05) is 13.2 Å². The smallest absolute Gasteiger partial charge is 0.309 e. The van der Waals surface area contributed by atoms with Crippen molar-refractivity contribution in [3.05, 3.63) is 23.8 Å². The summed E-state index contributed by atoms with van der Waals surface area (Å²) in [5, 5.41) is 9.17. The fourth-order valence-corrected chi connectivity index (χ4v) is 2.47. The number of hydrogen-bond acceptors (Lipinski definition) is 3. The van der Waals surface area contributed by atoms with Crippen LogP contribution in [0, 0.1) is 5.41 Å². The van der Waals surface area contributed by atoms with Gasteiger partial charge in [-0.2, -0.15) is 0 Å². The van der Waals surface area contributed by atoms with Gasteiger partial charge < -0.3 is 14.6 Å². The van der Waals surface area contributed by atoms with Crippen LogP contribution in [0.4, 0.5) is 0 Å². The molecule has 0 aromatic heterocycles. The molecule has 0 spiro atoms. The molecular weight excluding hydrogens is 244 g/mol. The quantitative estimate of drug-likeness (QED) is 0.906. The highest BCUT2D eigenvalue weighted by Crippen LogP contribution is 2.49. The summed E-state index contributed by atoms with van der Waals surface area (Å²) in [6.07, 6.45) is 4.01. The van der Waals surface area contributed by atoms with Gasteiger partial charge in [-0.15, -0.1) is 0 Å². The summed E-state index contributed by atoms with van der Waals surface area (Å²) in [5.41, 5.74) is 0.668. The van der Waals surface area contributed by atoms with Crippen molar-refractivity contribution >= 4 is 5.97 Å². The zero-order valence-corrected chi connectivity index (χ0v) is 10.9. The summed E-state index contributed by atoms with van der Waals surface area (Å²) in [4.78, 5) is 11.1. The molecule has 2 aliphatic rings. The van der Waals surface area contributed by atoms with E-state index < -0.39 is 11.4 Å². The molecule has 102 valence electrons. The van der Waals surface area contributed by atoms with E-state index in [0.29, 0.717) is 19.6 Å². The number of carboxylic acid groups (broad SMARTS) is 1. The Morgan fingerprint density at radius 2 is 1.95 bits per heavy atom. The molecule has 1 N–H and O–H groups in total. The molecule has 1 heterocycles. The summed E-state index contributed by atoms with van der Waals surface area (Å²) in [6, 6.07) is 5.92. The minimum atomic E-state index is -0.651. The molecule has 0 unspecified atom stereocenters. The molecule has 1 aliphatic carbocycles. The Hall–Kier alpha value is -1.71. The second kappa shape index (κ2) is 4.76. The molecule has 19 heavy (non-hydrogen) atoms. The number of rotatable bonds is 4. The Kier molecular flexibility index (Phi) is 3.09. The SMILES string of the molecule is O=C(O)C1(CCc2ccc3c(c2)OCCCO3)CC1. The number of carboxylic acids is 1. The number of hydrogen-bond donors (Lipinski definition) is 1. The van der Waals surface area contributed by atoms with Crippen LogP contribution < -0.4 is 9.47 Å². The van der Waals surface area contributed by atoms with Crippen LogP contribution >= 0.6 is 0 Å². The molecule has 1 fully saturated rings. The maximum Gasteiger partial charge on any atom is 0.309 e. The van der Waals surface area contributed by atoms with E-state index in [4.69, 9.17) is 14.6 Å². The van der Waals surface area contributed by atoms with E-state index in [1.165, 1.54) is 0 Å². The van der Waals surface area contributed by atoms with Gasteiger partial charge in [0.15, 0.2) is 11.5 Å². The Labute approximate surface area is 112 Å². The third-order valence-electron chi connectivity index (χ3n) is 4.01. The number of benzene rings is 1. The van der Waals surface area contributed by atoms with Crippen molar-refractivity contribution in [2.24, 2.45) is 5.41 Å². The average Bonchev–Trinajstić information content (AvgIpc) is 3.21. The Balaban J connectivity index is 1.69. The van der Waals surface area contributed by atoms with Gasteiger partial charge in [0.25, 0.3) is 0 Å². The highest BCUT2D eigenvalue weighted by atomic mass is 16.5. The summed E-state index contributed by atoms with van der Waals surface area (Å²) in [7, 11) is 0. The second-order valence-electron chi connectivity index (χ2n) is 5.42. The maximum atomic E-state index is 11.1. The topological polar surface area (TPSA) is 55.8 Å². The molecule has 1 saturated carbocycles. The molecule has 3 rings (SSSR count). The van der Waals surface area contributed by atoms with E-state index in [1.807, 2.05) is 18.2 Å². The molecule has 0 radical (unpaired) electrons. The molecular formula is C15H18O4. The predicted molar refractivity (Wildman–Crippen MR) is 69.7 cm³/mol. The average molecular weight is 262 g/mol. The molecule has 4 heteroatoms. The zero-order valence-electron chi connectivity index (χ0n) is 10.9. The largest absolute Gasteiger partial charge is 0.490 e. The lowest BCUT2D eigenvalue weighted by atomic mass is 9.97. The summed E-state index contributed by atoms with van der Waals surface area (Å²) in [5.74, 6) is 0.928. The number of aryl methyl sites for hydroxylation is 1. The van der Waals surface area contributed by atoms with Gasteiger partial charge in [-0.05, 0) is 43.4 Å². The monoisotopic (exact) mass is 262 g/mol. The Morgan fingerprint density at radius 3 is 2.63 bits per heavy atom. The van der Waals surface area contributed by atoms with Crippen molar-refractivity contribution < 1.29 is 19.4 Å². The van der Waals surface area contributed by atoms with Gasteiger partial charge in [-0.1, -0.05) is 6.07 Å². The van der Waals surface area contributed by atoms with Gasteiger partial charge in [0.05, 0.1) is 18.6 Å². The number of ether oxygens (including phenoxy) is 2. The van der Waals surface area contributed by atoms with Crippen LogP contribution in [0.15, 0.2) is 18.2 Å². The van der Waals surface area contributed by atoms with E-state index in [1.54, 1.807) is 0 Å². The molecule has 1 aliphatic heterocycles. The van der Waals surface area contributed by atoms with Gasteiger partial charge in [0.2, 0.25) is 0 Å². The van der Waals surface area contributed by atoms with Crippen molar-refractivity contribution in [1.29, 1.82) is 0 Å². The highest BCUT2D eigenvalue weighted by Gasteiger charge is 2.49. The maximum absolute atomic E-state index is 11.1. The number of carbonyl (C=O) groups is 1. The van der Waals surface area contributed by atoms with Crippen molar-refractivity contribution in [3.63, 3.8) is 0 Å². The van der Waals surface area contributed by atoms with Gasteiger partial charge in [0.1, 0.15) is 0 Å². The van der Waals surface area contributed by atoms with Crippen molar-refractivity contribution in [3.8, 4) is 11.5 Å². The first-order chi connectivity index (χ1) is 9.20. The Bertz CT molecular complexity index is 491. The first kappa shape index (κ1) is 12.3. The number of aliphatic carboxylic acids is 1. The van der Waals surface area contributed by atoms with Gasteiger partial charge >= 0.3 is 5.97 Å². The van der Waals surface area contributed by atoms with Crippen molar-refractivity contribution in [1.82, 2.24) is 0 Å². The van der Waals surface area contributed by atoms with E-state index in [9.17, 15) is 4.79 Å². The van der Waals surface area contributed by atoms with E-state index >= 15 is 0 Å². The first-order valence-corrected chi connectivity index (χ1v) is 6.82. The van der Waals surface area contributed by atoms with Crippen LogP contribution in [0.1, 0.15) is 31.2 Å². The minimum Gasteiger partial charge on any atom is -0.490 e. The third-order valence-corrected chi connectivity index (χ3v) is 4.01. The molecule has 0 atom stereocenters. The fourth-order valence-electron chi connectivity index (χ4n) is 2.47. The fraction of sp³-hybridized carbons (Fsp3) is 0.533. The predicted octanol–water partition coefficient (Wildman–Crippen LogP) is 2.65. The zero-order chi connectivity index (χ0) is 13.3. The van der Waals surface area contributed by atoms with Gasteiger partial charge in [-0.3, -0.25) is 4.79 Å². The lowest BCUT2D eigenvalue weighted by Crippen LogP contribution is -2.15. The molecule has 4 nitrogen and oxygen atoms in total. The van der Waals surface area contributed by atoms with Crippen molar-refractivity contribution in [2.45, 2.75) is 32.1 Å². The van der Waals surface area contributed by atoms with E-state index in [-0.39, 0.29) is 0 Å². The van der Waals surface area contributed by atoms with E-state index in [0.717, 1.165) is 42.7 Å². The molecule has 1 aromatic carbocycles. The summed E-state index contributed by atoms with van der Waals surface area (Å²) < 4.78 is 11.2. The molecule has 0 amide bonds. The van der Waals surface area contributed by atoms with Crippen LogP contribution in [0.5, 0.6) is 11.5 Å². The lowest BCUT2D eigenvalue weighted by molar-refractivity contribution is -0.143. The summed E-state index contributed by atoms with van der Waals surface area (Å²) in [6.45, 7) is 1.37. The van der Waals surface area contributed by atoms with E-state index in [2.05, 4.69) is 0 Å². The van der Waals surface area contributed by atoms with Crippen LogP contribution in [0.3, 0.4) is 0 Å². The molecule has 1 aromatic rings. The number of fused-ring (bicyclic) bond motifs is 1. The standard InChI is InChI=1S/C15H18O4/c16-14(17)15(6-7-15)5-4-11-2-3-12-13(10-11)19-9-1-8-18-12/h2-3,10H,1,4-9H2,(H,16,17).